The molecule has 158 valence electrons. The maximum absolute atomic E-state index is 12.8. The van der Waals surface area contributed by atoms with Gasteiger partial charge in [-0.15, -0.1) is 0 Å². The molecule has 0 aliphatic rings. The van der Waals surface area contributed by atoms with Crippen molar-refractivity contribution in [1.29, 1.82) is 0 Å². The molecular formula is C16H20F3NO7S. The predicted molar refractivity (Wildman–Crippen MR) is 90.1 cm³/mol. The molecule has 0 unspecified atom stereocenters. The van der Waals surface area contributed by atoms with E-state index in [-0.39, 0.29) is 11.6 Å². The van der Waals surface area contributed by atoms with Gasteiger partial charge in [-0.2, -0.15) is 21.6 Å². The molecule has 12 heteroatoms. The van der Waals surface area contributed by atoms with Gasteiger partial charge in [0.15, 0.2) is 0 Å². The zero-order valence-corrected chi connectivity index (χ0v) is 16.3. The standard InChI is InChI=1S/C16H20F3NO7S/c1-15(2,3)27-14(22)20-11(13(21)26-4)7-9-5-6-10(16(17,18)19)8-12(9)28(23,24)25/h5-6,8,11H,7H2,1-4H3,(H,20,22)(H,23,24,25)/t11-/m0/s1. The summed E-state index contributed by atoms with van der Waals surface area (Å²) >= 11 is 0. The van der Waals surface area contributed by atoms with Crippen LogP contribution in [0, 0.1) is 0 Å². The minimum atomic E-state index is -5.05. The van der Waals surface area contributed by atoms with Crippen molar-refractivity contribution in [3.05, 3.63) is 29.3 Å². The van der Waals surface area contributed by atoms with Gasteiger partial charge in [-0.3, -0.25) is 4.55 Å². The van der Waals surface area contributed by atoms with Crippen LogP contribution < -0.4 is 5.32 Å². The van der Waals surface area contributed by atoms with Crippen molar-refractivity contribution in [3.8, 4) is 0 Å². The molecule has 1 amide bonds. The van der Waals surface area contributed by atoms with Crippen LogP contribution in [0.3, 0.4) is 0 Å². The Morgan fingerprint density at radius 2 is 1.79 bits per heavy atom. The number of ether oxygens (including phenoxy) is 2. The molecule has 0 radical (unpaired) electrons. The van der Waals surface area contributed by atoms with Crippen molar-refractivity contribution >= 4 is 22.2 Å². The highest BCUT2D eigenvalue weighted by molar-refractivity contribution is 7.85. The van der Waals surface area contributed by atoms with Crippen LogP contribution in [0.2, 0.25) is 0 Å². The van der Waals surface area contributed by atoms with Crippen LogP contribution in [-0.2, 0) is 37.0 Å². The lowest BCUT2D eigenvalue weighted by Gasteiger charge is -2.23. The number of halogens is 3. The first-order valence-corrected chi connectivity index (χ1v) is 9.23. The molecule has 1 rings (SSSR count). The van der Waals surface area contributed by atoms with Gasteiger partial charge < -0.3 is 14.8 Å². The maximum atomic E-state index is 12.8. The Hall–Kier alpha value is -2.34. The number of carbonyl (C=O) groups is 2. The number of methoxy groups -OCH3 is 1. The smallest absolute Gasteiger partial charge is 0.416 e. The molecule has 2 N–H and O–H groups in total. The fraction of sp³-hybridized carbons (Fsp3) is 0.500. The van der Waals surface area contributed by atoms with E-state index in [0.717, 1.165) is 13.2 Å². The Balaban J connectivity index is 3.28. The van der Waals surface area contributed by atoms with Crippen LogP contribution in [0.15, 0.2) is 23.1 Å². The van der Waals surface area contributed by atoms with Gasteiger partial charge in [0.1, 0.15) is 11.6 Å². The van der Waals surface area contributed by atoms with Crippen LogP contribution in [0.1, 0.15) is 31.9 Å². The fourth-order valence-electron chi connectivity index (χ4n) is 2.14. The number of alkyl carbamates (subject to hydrolysis) is 1. The Morgan fingerprint density at radius 1 is 1.21 bits per heavy atom. The molecule has 0 heterocycles. The zero-order chi connectivity index (χ0) is 21.9. The third-order valence-corrected chi connectivity index (χ3v) is 4.21. The van der Waals surface area contributed by atoms with E-state index < -0.39 is 56.9 Å². The summed E-state index contributed by atoms with van der Waals surface area (Å²) in [5, 5.41) is 2.16. The molecule has 0 saturated carbocycles. The molecule has 0 aliphatic carbocycles. The van der Waals surface area contributed by atoms with Crippen LogP contribution in [-0.4, -0.2) is 43.8 Å². The minimum Gasteiger partial charge on any atom is -0.467 e. The van der Waals surface area contributed by atoms with E-state index in [1.807, 2.05) is 0 Å². The SMILES string of the molecule is COC(=O)[C@H](Cc1ccc(C(F)(F)F)cc1S(=O)(=O)O)NC(=O)OC(C)(C)C. The number of alkyl halides is 3. The Kier molecular flexibility index (Phi) is 7.07. The second kappa shape index (κ2) is 8.35. The number of benzene rings is 1. The summed E-state index contributed by atoms with van der Waals surface area (Å²) in [4.78, 5) is 22.8. The molecule has 0 bridgehead atoms. The second-order valence-electron chi connectivity index (χ2n) is 6.72. The molecule has 0 aliphatic heterocycles. The molecule has 1 aromatic rings. The van der Waals surface area contributed by atoms with Crippen molar-refractivity contribution in [3.63, 3.8) is 0 Å². The van der Waals surface area contributed by atoms with Crippen molar-refractivity contribution < 1.29 is 45.2 Å². The average molecular weight is 427 g/mol. The topological polar surface area (TPSA) is 119 Å². The summed E-state index contributed by atoms with van der Waals surface area (Å²) in [6.07, 6.45) is -6.45. The molecule has 1 atom stereocenters. The van der Waals surface area contributed by atoms with Gasteiger partial charge in [0.25, 0.3) is 10.1 Å². The summed E-state index contributed by atoms with van der Waals surface area (Å²) in [6, 6.07) is 0.147. The molecule has 0 aromatic heterocycles. The van der Waals surface area contributed by atoms with E-state index in [9.17, 15) is 35.7 Å². The number of hydrogen-bond donors (Lipinski definition) is 2. The van der Waals surface area contributed by atoms with E-state index in [1.165, 1.54) is 0 Å². The second-order valence-corrected chi connectivity index (χ2v) is 8.11. The largest absolute Gasteiger partial charge is 0.467 e. The number of amides is 1. The summed E-state index contributed by atoms with van der Waals surface area (Å²) in [5.74, 6) is -0.993. The van der Waals surface area contributed by atoms with Gasteiger partial charge in [-0.05, 0) is 38.5 Å². The summed E-state index contributed by atoms with van der Waals surface area (Å²) in [5.41, 5.74) is -2.54. The van der Waals surface area contributed by atoms with E-state index in [1.54, 1.807) is 20.8 Å². The van der Waals surface area contributed by atoms with Crippen molar-refractivity contribution in [2.75, 3.05) is 7.11 Å². The lowest BCUT2D eigenvalue weighted by atomic mass is 10.0. The number of nitrogens with one attached hydrogen (secondary N) is 1. The fourth-order valence-corrected chi connectivity index (χ4v) is 2.90. The highest BCUT2D eigenvalue weighted by atomic mass is 32.2. The quantitative estimate of drug-likeness (QED) is 0.548. The molecule has 0 fully saturated rings. The monoisotopic (exact) mass is 427 g/mol. The van der Waals surface area contributed by atoms with Gasteiger partial charge in [-0.25, -0.2) is 9.59 Å². The number of rotatable bonds is 5. The lowest BCUT2D eigenvalue weighted by Crippen LogP contribution is -2.45. The van der Waals surface area contributed by atoms with Crippen LogP contribution >= 0.6 is 0 Å². The maximum Gasteiger partial charge on any atom is 0.416 e. The number of carbonyl (C=O) groups excluding carboxylic acids is 2. The first-order valence-electron chi connectivity index (χ1n) is 7.79. The molecule has 0 saturated heterocycles. The zero-order valence-electron chi connectivity index (χ0n) is 15.5. The van der Waals surface area contributed by atoms with Gasteiger partial charge in [0, 0.05) is 6.42 Å². The Labute approximate surface area is 159 Å². The van der Waals surface area contributed by atoms with Crippen LogP contribution in [0.4, 0.5) is 18.0 Å². The van der Waals surface area contributed by atoms with E-state index in [2.05, 4.69) is 10.1 Å². The van der Waals surface area contributed by atoms with Crippen molar-refractivity contribution in [2.45, 2.75) is 49.9 Å². The Bertz CT molecular complexity index is 845. The van der Waals surface area contributed by atoms with Gasteiger partial charge in [-0.1, -0.05) is 6.07 Å². The highest BCUT2D eigenvalue weighted by Gasteiger charge is 2.34. The first-order chi connectivity index (χ1) is 12.5. The molecular weight excluding hydrogens is 407 g/mol. The predicted octanol–water partition coefficient (Wildman–Crippen LogP) is 2.56. The number of esters is 1. The Morgan fingerprint density at radius 3 is 2.21 bits per heavy atom. The average Bonchev–Trinajstić information content (AvgIpc) is 2.49. The van der Waals surface area contributed by atoms with E-state index in [0.29, 0.717) is 6.07 Å². The molecule has 0 spiro atoms. The van der Waals surface area contributed by atoms with Crippen molar-refractivity contribution in [2.24, 2.45) is 0 Å². The third kappa shape index (κ3) is 7.00. The lowest BCUT2D eigenvalue weighted by molar-refractivity contribution is -0.143. The summed E-state index contributed by atoms with van der Waals surface area (Å²) in [7, 11) is -4.05. The first kappa shape index (κ1) is 23.7. The normalized spacial score (nSPS) is 13.6. The summed E-state index contributed by atoms with van der Waals surface area (Å²) < 4.78 is 80.3. The van der Waals surface area contributed by atoms with E-state index in [4.69, 9.17) is 4.74 Å². The van der Waals surface area contributed by atoms with Gasteiger partial charge in [0.2, 0.25) is 0 Å². The van der Waals surface area contributed by atoms with Crippen LogP contribution in [0.5, 0.6) is 0 Å². The van der Waals surface area contributed by atoms with Crippen LogP contribution in [0.25, 0.3) is 0 Å². The summed E-state index contributed by atoms with van der Waals surface area (Å²) in [6.45, 7) is 4.68. The molecule has 28 heavy (non-hydrogen) atoms. The minimum absolute atomic E-state index is 0.243. The molecule has 1 aromatic carbocycles. The number of hydrogen-bond acceptors (Lipinski definition) is 6. The van der Waals surface area contributed by atoms with Gasteiger partial charge in [0.05, 0.1) is 17.6 Å². The van der Waals surface area contributed by atoms with E-state index >= 15 is 0 Å². The van der Waals surface area contributed by atoms with Crippen molar-refractivity contribution in [1.82, 2.24) is 5.32 Å². The third-order valence-electron chi connectivity index (χ3n) is 3.27. The van der Waals surface area contributed by atoms with Gasteiger partial charge >= 0.3 is 18.2 Å². The molecule has 8 nitrogen and oxygen atoms in total. The highest BCUT2D eigenvalue weighted by Crippen LogP contribution is 2.32.